The van der Waals surface area contributed by atoms with Gasteiger partial charge in [0.25, 0.3) is 0 Å². The minimum atomic E-state index is -0.378. The standard InChI is InChI=1S/C25H34N2O6/c1-30-21-10-15(11-22(31-2)24(21)32-3)25(29)33-18-7-8-26-13-16-9-17(20(26)12-18)14-27-19(16)5-4-6-23(27)28/h10-11,16-20H,4-9,12-14H2,1-3H3/t16-,17-,18+,19-,20+/m1/s1. The first kappa shape index (κ1) is 22.3. The van der Waals surface area contributed by atoms with E-state index in [9.17, 15) is 9.59 Å². The molecule has 0 N–H and O–H groups in total. The number of fused-ring (bicyclic) bond motifs is 6. The van der Waals surface area contributed by atoms with Gasteiger partial charge in [0.2, 0.25) is 11.7 Å². The normalized spacial score (nSPS) is 31.3. The quantitative estimate of drug-likeness (QED) is 0.628. The highest BCUT2D eigenvalue weighted by Crippen LogP contribution is 2.44. The van der Waals surface area contributed by atoms with Crippen molar-refractivity contribution in [1.29, 1.82) is 0 Å². The van der Waals surface area contributed by atoms with Crippen molar-refractivity contribution in [3.63, 3.8) is 0 Å². The van der Waals surface area contributed by atoms with Gasteiger partial charge in [-0.15, -0.1) is 0 Å². The van der Waals surface area contributed by atoms with Crippen LogP contribution in [0.5, 0.6) is 17.2 Å². The predicted molar refractivity (Wildman–Crippen MR) is 121 cm³/mol. The highest BCUT2D eigenvalue weighted by molar-refractivity contribution is 5.91. The fourth-order valence-corrected chi connectivity index (χ4v) is 6.58. The summed E-state index contributed by atoms with van der Waals surface area (Å²) in [6.07, 6.45) is 5.58. The van der Waals surface area contributed by atoms with E-state index in [0.29, 0.717) is 59.1 Å². The number of benzene rings is 1. The lowest BCUT2D eigenvalue weighted by molar-refractivity contribution is -0.150. The van der Waals surface area contributed by atoms with E-state index in [0.717, 1.165) is 45.3 Å². The van der Waals surface area contributed by atoms with Crippen molar-refractivity contribution in [3.8, 4) is 17.2 Å². The largest absolute Gasteiger partial charge is 0.493 e. The lowest BCUT2D eigenvalue weighted by Gasteiger charge is -2.57. The molecule has 4 fully saturated rings. The molecule has 5 atom stereocenters. The van der Waals surface area contributed by atoms with E-state index in [2.05, 4.69) is 9.80 Å². The van der Waals surface area contributed by atoms with Crippen molar-refractivity contribution in [2.45, 2.75) is 56.7 Å². The van der Waals surface area contributed by atoms with Crippen LogP contribution < -0.4 is 14.2 Å². The molecule has 0 spiro atoms. The summed E-state index contributed by atoms with van der Waals surface area (Å²) in [6, 6.07) is 4.06. The van der Waals surface area contributed by atoms with Crippen molar-refractivity contribution >= 4 is 11.9 Å². The number of carbonyl (C=O) groups is 2. The molecule has 4 aliphatic heterocycles. The van der Waals surface area contributed by atoms with Gasteiger partial charge in [-0.1, -0.05) is 0 Å². The van der Waals surface area contributed by atoms with E-state index in [4.69, 9.17) is 18.9 Å². The molecule has 2 bridgehead atoms. The molecule has 0 radical (unpaired) electrons. The highest BCUT2D eigenvalue weighted by Gasteiger charge is 2.49. The molecular formula is C25H34N2O6. The summed E-state index contributed by atoms with van der Waals surface area (Å²) in [5.74, 6) is 2.31. The molecule has 33 heavy (non-hydrogen) atoms. The van der Waals surface area contributed by atoms with Gasteiger partial charge in [-0.3, -0.25) is 9.69 Å². The molecule has 180 valence electrons. The fraction of sp³-hybridized carbons (Fsp3) is 0.680. The minimum Gasteiger partial charge on any atom is -0.493 e. The molecule has 0 unspecified atom stereocenters. The Labute approximate surface area is 195 Å². The number of hydrogen-bond acceptors (Lipinski definition) is 7. The molecule has 8 heteroatoms. The second-order valence-corrected chi connectivity index (χ2v) is 9.79. The molecule has 0 saturated carbocycles. The van der Waals surface area contributed by atoms with Crippen LogP contribution in [0.1, 0.15) is 48.9 Å². The van der Waals surface area contributed by atoms with Crippen molar-refractivity contribution in [1.82, 2.24) is 9.80 Å². The van der Waals surface area contributed by atoms with Crippen molar-refractivity contribution in [2.75, 3.05) is 41.0 Å². The van der Waals surface area contributed by atoms with Gasteiger partial charge in [-0.25, -0.2) is 4.79 Å². The van der Waals surface area contributed by atoms with E-state index in [-0.39, 0.29) is 12.1 Å². The third-order valence-electron chi connectivity index (χ3n) is 8.09. The van der Waals surface area contributed by atoms with Gasteiger partial charge >= 0.3 is 5.97 Å². The summed E-state index contributed by atoms with van der Waals surface area (Å²) in [5.41, 5.74) is 0.384. The van der Waals surface area contributed by atoms with E-state index < -0.39 is 0 Å². The molecule has 4 heterocycles. The van der Waals surface area contributed by atoms with Crippen LogP contribution in [0.25, 0.3) is 0 Å². The average molecular weight is 459 g/mol. The van der Waals surface area contributed by atoms with E-state index >= 15 is 0 Å². The lowest BCUT2D eigenvalue weighted by atomic mass is 9.70. The molecule has 0 aromatic heterocycles. The number of esters is 1. The second-order valence-electron chi connectivity index (χ2n) is 9.79. The number of methoxy groups -OCH3 is 3. The number of amides is 1. The number of rotatable bonds is 5. The molecule has 1 aromatic carbocycles. The van der Waals surface area contributed by atoms with E-state index in [1.807, 2.05) is 0 Å². The van der Waals surface area contributed by atoms with Gasteiger partial charge in [-0.2, -0.15) is 0 Å². The Morgan fingerprint density at radius 3 is 2.36 bits per heavy atom. The van der Waals surface area contributed by atoms with Crippen molar-refractivity contribution in [3.05, 3.63) is 17.7 Å². The molecule has 5 rings (SSSR count). The smallest absolute Gasteiger partial charge is 0.338 e. The molecule has 1 aromatic rings. The summed E-state index contributed by atoms with van der Waals surface area (Å²) in [4.78, 5) is 30.3. The Hall–Kier alpha value is -2.48. The zero-order valence-corrected chi connectivity index (χ0v) is 19.7. The van der Waals surface area contributed by atoms with Gasteiger partial charge in [0.05, 0.1) is 26.9 Å². The first-order chi connectivity index (χ1) is 16.0. The monoisotopic (exact) mass is 458 g/mol. The molecule has 8 nitrogen and oxygen atoms in total. The zero-order chi connectivity index (χ0) is 23.1. The van der Waals surface area contributed by atoms with Gasteiger partial charge in [0, 0.05) is 44.6 Å². The zero-order valence-electron chi connectivity index (χ0n) is 19.7. The number of carbonyl (C=O) groups excluding carboxylic acids is 2. The Balaban J connectivity index is 1.28. The van der Waals surface area contributed by atoms with Crippen molar-refractivity contribution in [2.24, 2.45) is 11.8 Å². The summed E-state index contributed by atoms with van der Waals surface area (Å²) in [5, 5.41) is 0. The summed E-state index contributed by atoms with van der Waals surface area (Å²) >= 11 is 0. The molecule has 4 aliphatic rings. The van der Waals surface area contributed by atoms with Gasteiger partial charge in [0.15, 0.2) is 11.5 Å². The SMILES string of the molecule is COc1cc(C(=O)O[C@H]2CCN3C[C@H]4C[C@H](CN5C(=O)CCC[C@H]45)[C@@H]3C2)cc(OC)c1OC. The summed E-state index contributed by atoms with van der Waals surface area (Å²) in [6.45, 7) is 2.85. The number of hydrogen-bond donors (Lipinski definition) is 0. The third-order valence-corrected chi connectivity index (χ3v) is 8.09. The van der Waals surface area contributed by atoms with Crippen LogP contribution in [0.2, 0.25) is 0 Å². The number of nitrogens with zero attached hydrogens (tertiary/aromatic N) is 2. The Morgan fingerprint density at radius 1 is 0.939 bits per heavy atom. The maximum atomic E-state index is 13.0. The Bertz CT molecular complexity index is 895. The van der Waals surface area contributed by atoms with Crippen molar-refractivity contribution < 1.29 is 28.5 Å². The highest BCUT2D eigenvalue weighted by atomic mass is 16.5. The first-order valence-electron chi connectivity index (χ1n) is 12.1. The molecule has 1 amide bonds. The molecule has 4 saturated heterocycles. The lowest BCUT2D eigenvalue weighted by Crippen LogP contribution is -2.65. The first-order valence-corrected chi connectivity index (χ1v) is 12.1. The molecule has 0 aliphatic carbocycles. The van der Waals surface area contributed by atoms with Gasteiger partial charge in [0.1, 0.15) is 6.10 Å². The third kappa shape index (κ3) is 4.03. The van der Waals surface area contributed by atoms with Gasteiger partial charge < -0.3 is 23.8 Å². The van der Waals surface area contributed by atoms with Crippen LogP contribution in [-0.4, -0.2) is 80.8 Å². The predicted octanol–water partition coefficient (Wildman–Crippen LogP) is 2.73. The Morgan fingerprint density at radius 2 is 1.67 bits per heavy atom. The maximum Gasteiger partial charge on any atom is 0.338 e. The van der Waals surface area contributed by atoms with E-state index in [1.54, 1.807) is 12.1 Å². The minimum absolute atomic E-state index is 0.135. The second kappa shape index (κ2) is 9.05. The Kier molecular flexibility index (Phi) is 6.12. The average Bonchev–Trinajstić information content (AvgIpc) is 2.84. The van der Waals surface area contributed by atoms with Crippen LogP contribution in [0.3, 0.4) is 0 Å². The maximum absolute atomic E-state index is 13.0. The van der Waals surface area contributed by atoms with Crippen LogP contribution in [0.15, 0.2) is 12.1 Å². The van der Waals surface area contributed by atoms with Crippen LogP contribution >= 0.6 is 0 Å². The summed E-state index contributed by atoms with van der Waals surface area (Å²) in [7, 11) is 4.59. The van der Waals surface area contributed by atoms with Crippen LogP contribution in [0, 0.1) is 11.8 Å². The number of piperidine rings is 4. The molecular weight excluding hydrogens is 424 g/mol. The topological polar surface area (TPSA) is 77.5 Å². The van der Waals surface area contributed by atoms with Crippen LogP contribution in [0.4, 0.5) is 0 Å². The van der Waals surface area contributed by atoms with Crippen LogP contribution in [-0.2, 0) is 9.53 Å². The van der Waals surface area contributed by atoms with E-state index in [1.165, 1.54) is 27.8 Å². The van der Waals surface area contributed by atoms with Gasteiger partial charge in [-0.05, 0) is 49.7 Å². The number of ether oxygens (including phenoxy) is 4. The summed E-state index contributed by atoms with van der Waals surface area (Å²) < 4.78 is 22.1. The fourth-order valence-electron chi connectivity index (χ4n) is 6.58.